The van der Waals surface area contributed by atoms with Gasteiger partial charge in [0, 0.05) is 35.6 Å². The predicted molar refractivity (Wildman–Crippen MR) is 136 cm³/mol. The van der Waals surface area contributed by atoms with Crippen LogP contribution in [0.25, 0.3) is 27.8 Å². The number of halogens is 6. The minimum Gasteiger partial charge on any atom is -0.406 e. The quantitative estimate of drug-likeness (QED) is 0.231. The molecule has 0 atom stereocenters. The summed E-state index contributed by atoms with van der Waals surface area (Å²) in [7, 11) is 0. The first-order chi connectivity index (χ1) is 19.4. The van der Waals surface area contributed by atoms with Crippen molar-refractivity contribution in [2.45, 2.75) is 26.0 Å². The molecule has 0 spiro atoms. The summed E-state index contributed by atoms with van der Waals surface area (Å²) in [5, 5.41) is 7.25. The summed E-state index contributed by atoms with van der Waals surface area (Å²) < 4.78 is 83.7. The van der Waals surface area contributed by atoms with Crippen molar-refractivity contribution in [3.05, 3.63) is 102 Å². The van der Waals surface area contributed by atoms with E-state index in [-0.39, 0.29) is 28.8 Å². The van der Waals surface area contributed by atoms with E-state index in [9.17, 15) is 31.1 Å². The number of para-hydroxylation sites is 1. The number of nitrogens with zero attached hydrogens (tertiary/aromatic N) is 4. The number of carbonyl (C=O) groups is 1. The zero-order chi connectivity index (χ0) is 29.4. The minimum atomic E-state index is -4.83. The van der Waals surface area contributed by atoms with Crippen LogP contribution in [0.4, 0.5) is 26.3 Å². The molecule has 3 heterocycles. The van der Waals surface area contributed by atoms with Crippen LogP contribution < -0.4 is 10.1 Å². The summed E-state index contributed by atoms with van der Waals surface area (Å²) >= 11 is 0. The van der Waals surface area contributed by atoms with Crippen molar-refractivity contribution >= 4 is 16.8 Å². The van der Waals surface area contributed by atoms with E-state index >= 15 is 0 Å². The molecule has 5 aromatic rings. The van der Waals surface area contributed by atoms with Gasteiger partial charge in [-0.25, -0.2) is 4.68 Å². The van der Waals surface area contributed by atoms with Crippen molar-refractivity contribution in [2.24, 2.45) is 0 Å². The van der Waals surface area contributed by atoms with E-state index in [0.29, 0.717) is 22.5 Å². The lowest BCUT2D eigenvalue weighted by Gasteiger charge is -2.15. The number of amides is 1. The number of pyridine rings is 2. The average molecular weight is 571 g/mol. The third kappa shape index (κ3) is 6.13. The number of hydrogen-bond donors (Lipinski definition) is 1. The second-order valence-electron chi connectivity index (χ2n) is 8.93. The van der Waals surface area contributed by atoms with Crippen LogP contribution in [0.15, 0.2) is 79.1 Å². The van der Waals surface area contributed by atoms with Gasteiger partial charge in [-0.1, -0.05) is 24.3 Å². The Kier molecular flexibility index (Phi) is 7.11. The first-order valence-electron chi connectivity index (χ1n) is 12.0. The van der Waals surface area contributed by atoms with E-state index in [4.69, 9.17) is 0 Å². The van der Waals surface area contributed by atoms with E-state index in [1.165, 1.54) is 41.2 Å². The highest BCUT2D eigenvalue weighted by Crippen LogP contribution is 2.36. The number of alkyl halides is 6. The van der Waals surface area contributed by atoms with E-state index < -0.39 is 29.8 Å². The fourth-order valence-corrected chi connectivity index (χ4v) is 4.24. The monoisotopic (exact) mass is 571 g/mol. The number of carbonyl (C=O) groups excluding carboxylic acids is 1. The maximum atomic E-state index is 13.8. The Balaban J connectivity index is 1.52. The zero-order valence-corrected chi connectivity index (χ0v) is 21.1. The van der Waals surface area contributed by atoms with Crippen LogP contribution >= 0.6 is 0 Å². The van der Waals surface area contributed by atoms with E-state index in [1.807, 2.05) is 0 Å². The predicted octanol–water partition coefficient (Wildman–Crippen LogP) is 6.64. The van der Waals surface area contributed by atoms with Gasteiger partial charge in [0.1, 0.15) is 5.75 Å². The second kappa shape index (κ2) is 10.6. The molecule has 13 heteroatoms. The molecule has 210 valence electrons. The molecule has 0 fully saturated rings. The molecule has 0 radical (unpaired) electrons. The highest BCUT2D eigenvalue weighted by Gasteiger charge is 2.34. The fourth-order valence-electron chi connectivity index (χ4n) is 4.24. The lowest BCUT2D eigenvalue weighted by molar-refractivity contribution is -0.274. The van der Waals surface area contributed by atoms with Gasteiger partial charge in [-0.3, -0.25) is 14.8 Å². The number of rotatable bonds is 6. The number of ether oxygens (including phenoxy) is 1. The maximum absolute atomic E-state index is 13.8. The smallest absolute Gasteiger partial charge is 0.406 e. The molecule has 2 aromatic carbocycles. The zero-order valence-electron chi connectivity index (χ0n) is 21.1. The minimum absolute atomic E-state index is 0.0353. The van der Waals surface area contributed by atoms with Crippen molar-refractivity contribution in [1.29, 1.82) is 0 Å². The van der Waals surface area contributed by atoms with Crippen molar-refractivity contribution in [2.75, 3.05) is 0 Å². The van der Waals surface area contributed by atoms with Gasteiger partial charge in [-0.05, 0) is 55.0 Å². The van der Waals surface area contributed by atoms with Gasteiger partial charge in [0.15, 0.2) is 5.69 Å². The molecule has 0 aliphatic heterocycles. The van der Waals surface area contributed by atoms with Crippen LogP contribution in [0.3, 0.4) is 0 Å². The summed E-state index contributed by atoms with van der Waals surface area (Å²) in [4.78, 5) is 21.3. The molecule has 1 N–H and O–H groups in total. The van der Waals surface area contributed by atoms with Crippen LogP contribution in [0.1, 0.15) is 27.3 Å². The van der Waals surface area contributed by atoms with E-state index in [0.717, 1.165) is 18.2 Å². The molecule has 41 heavy (non-hydrogen) atoms. The van der Waals surface area contributed by atoms with Gasteiger partial charge in [0.2, 0.25) is 0 Å². The lowest BCUT2D eigenvalue weighted by Crippen LogP contribution is -2.23. The molecule has 0 unspecified atom stereocenters. The van der Waals surface area contributed by atoms with Gasteiger partial charge in [0.05, 0.1) is 22.5 Å². The molecule has 0 saturated heterocycles. The molecule has 1 amide bonds. The first kappa shape index (κ1) is 27.6. The summed E-state index contributed by atoms with van der Waals surface area (Å²) in [6, 6.07) is 15.1. The molecule has 0 aliphatic rings. The number of hydrogen-bond acceptors (Lipinski definition) is 5. The molecule has 5 rings (SSSR count). The number of aryl methyl sites for hydroxylation is 1. The van der Waals surface area contributed by atoms with Gasteiger partial charge in [-0.2, -0.15) is 18.3 Å². The normalized spacial score (nSPS) is 12.0. The Morgan fingerprint density at radius 2 is 1.73 bits per heavy atom. The number of benzene rings is 2. The van der Waals surface area contributed by atoms with Gasteiger partial charge < -0.3 is 10.1 Å². The Morgan fingerprint density at radius 3 is 2.39 bits per heavy atom. The maximum Gasteiger partial charge on any atom is 0.573 e. The number of fused-ring (bicyclic) bond motifs is 1. The van der Waals surface area contributed by atoms with Crippen LogP contribution in [0, 0.1) is 6.92 Å². The van der Waals surface area contributed by atoms with Gasteiger partial charge in [0.25, 0.3) is 5.91 Å². The highest BCUT2D eigenvalue weighted by molar-refractivity contribution is 5.95. The van der Waals surface area contributed by atoms with Crippen molar-refractivity contribution in [1.82, 2.24) is 25.1 Å². The highest BCUT2D eigenvalue weighted by atomic mass is 19.4. The molecular weight excluding hydrogens is 552 g/mol. The SMILES string of the molecule is Cc1cc(-n2nc(C(=O)NCc3ccc(OC(F)(F)F)cc3)cc2-c2cccnc2)c2cccc(C(F)(F)F)c2n1. The summed E-state index contributed by atoms with van der Waals surface area (Å²) in [6.45, 7) is 1.52. The van der Waals surface area contributed by atoms with Crippen LogP contribution in [-0.2, 0) is 12.7 Å². The van der Waals surface area contributed by atoms with Gasteiger partial charge >= 0.3 is 12.5 Å². The summed E-state index contributed by atoms with van der Waals surface area (Å²) in [5.41, 5.74) is 0.810. The van der Waals surface area contributed by atoms with Crippen molar-refractivity contribution in [3.63, 3.8) is 0 Å². The Bertz CT molecular complexity index is 1720. The third-order valence-corrected chi connectivity index (χ3v) is 5.99. The molecule has 0 aliphatic carbocycles. The molecule has 7 nitrogen and oxygen atoms in total. The number of nitrogens with one attached hydrogen (secondary N) is 1. The second-order valence-corrected chi connectivity index (χ2v) is 8.93. The Morgan fingerprint density at radius 1 is 0.976 bits per heavy atom. The van der Waals surface area contributed by atoms with Crippen LogP contribution in [-0.4, -0.2) is 32.0 Å². The Hall–Kier alpha value is -4.94. The molecule has 0 bridgehead atoms. The number of aromatic nitrogens is 4. The molecule has 3 aromatic heterocycles. The summed E-state index contributed by atoms with van der Waals surface area (Å²) in [6.07, 6.45) is -6.40. The lowest BCUT2D eigenvalue weighted by atomic mass is 10.1. The standard InChI is InChI=1S/C28H19F6N5O2/c1-16-12-24(20-5-2-6-21(25(20)37-16)27(29,30)31)39-23(18-4-3-11-35-15-18)13-22(38-39)26(40)36-14-17-7-9-19(10-8-17)41-28(32,33)34/h2-13,15H,14H2,1H3,(H,36,40). The van der Waals surface area contributed by atoms with E-state index in [2.05, 4.69) is 25.1 Å². The fraction of sp³-hybridized carbons (Fsp3) is 0.143. The third-order valence-electron chi connectivity index (χ3n) is 5.99. The van der Waals surface area contributed by atoms with Crippen LogP contribution in [0.5, 0.6) is 5.75 Å². The average Bonchev–Trinajstić information content (AvgIpc) is 3.36. The molecular formula is C28H19F6N5O2. The molecule has 0 saturated carbocycles. The van der Waals surface area contributed by atoms with E-state index in [1.54, 1.807) is 31.3 Å². The first-order valence-corrected chi connectivity index (χ1v) is 12.0. The topological polar surface area (TPSA) is 81.9 Å². The van der Waals surface area contributed by atoms with Crippen LogP contribution in [0.2, 0.25) is 0 Å². The summed E-state index contributed by atoms with van der Waals surface area (Å²) in [5.74, 6) is -1.02. The van der Waals surface area contributed by atoms with Crippen molar-refractivity contribution < 1.29 is 35.9 Å². The Labute approximate surface area is 228 Å². The largest absolute Gasteiger partial charge is 0.573 e. The van der Waals surface area contributed by atoms with Gasteiger partial charge in [-0.15, -0.1) is 13.2 Å². The van der Waals surface area contributed by atoms with Crippen molar-refractivity contribution in [3.8, 4) is 22.7 Å².